The van der Waals surface area contributed by atoms with Crippen LogP contribution in [0.3, 0.4) is 0 Å². The molecule has 0 atom stereocenters. The molecule has 1 aliphatic rings. The molecule has 1 amide bonds. The Bertz CT molecular complexity index is 831. The number of para-hydroxylation sites is 1. The summed E-state index contributed by atoms with van der Waals surface area (Å²) in [5.41, 5.74) is 2.40. The Balaban J connectivity index is 1.96. The Morgan fingerprint density at radius 3 is 2.68 bits per heavy atom. The lowest BCUT2D eigenvalue weighted by Gasteiger charge is -2.17. The van der Waals surface area contributed by atoms with Crippen molar-refractivity contribution in [2.45, 2.75) is 11.3 Å². The number of hydrogen-bond donors (Lipinski definition) is 1. The molecule has 3 rings (SSSR count). The van der Waals surface area contributed by atoms with E-state index in [1.54, 1.807) is 17.0 Å². The number of hydrogen-bond acceptors (Lipinski definition) is 3. The van der Waals surface area contributed by atoms with Crippen molar-refractivity contribution in [2.75, 3.05) is 18.5 Å². The van der Waals surface area contributed by atoms with Gasteiger partial charge in [0.1, 0.15) is 0 Å². The SMILES string of the molecule is CNS(=O)(=O)c1cccc(C(=O)N2CCc3ccccc32)c1. The van der Waals surface area contributed by atoms with Crippen molar-refractivity contribution in [3.63, 3.8) is 0 Å². The number of benzene rings is 2. The monoisotopic (exact) mass is 316 g/mol. The van der Waals surface area contributed by atoms with Gasteiger partial charge in [-0.25, -0.2) is 13.1 Å². The van der Waals surface area contributed by atoms with Crippen LogP contribution >= 0.6 is 0 Å². The van der Waals surface area contributed by atoms with Crippen molar-refractivity contribution in [2.24, 2.45) is 0 Å². The minimum Gasteiger partial charge on any atom is -0.308 e. The summed E-state index contributed by atoms with van der Waals surface area (Å²) in [7, 11) is -2.21. The molecule has 5 nitrogen and oxygen atoms in total. The topological polar surface area (TPSA) is 66.5 Å². The fourth-order valence-corrected chi connectivity index (χ4v) is 3.39. The van der Waals surface area contributed by atoms with Gasteiger partial charge in [-0.2, -0.15) is 0 Å². The van der Waals surface area contributed by atoms with E-state index in [1.165, 1.54) is 19.2 Å². The van der Waals surface area contributed by atoms with E-state index in [0.29, 0.717) is 12.1 Å². The maximum absolute atomic E-state index is 12.7. The Morgan fingerprint density at radius 1 is 1.14 bits per heavy atom. The lowest BCUT2D eigenvalue weighted by molar-refractivity contribution is 0.0989. The third-order valence-electron chi connectivity index (χ3n) is 3.79. The Labute approximate surface area is 129 Å². The predicted octanol–water partition coefficient (Wildman–Crippen LogP) is 1.80. The zero-order valence-corrected chi connectivity index (χ0v) is 12.9. The molecule has 2 aromatic rings. The normalized spacial score (nSPS) is 14.0. The van der Waals surface area contributed by atoms with E-state index in [0.717, 1.165) is 17.7 Å². The molecule has 0 spiro atoms. The first-order valence-corrected chi connectivity index (χ1v) is 8.44. The summed E-state index contributed by atoms with van der Waals surface area (Å²) in [6.07, 6.45) is 0.816. The summed E-state index contributed by atoms with van der Waals surface area (Å²) in [5, 5.41) is 0. The van der Waals surface area contributed by atoms with Gasteiger partial charge in [0.25, 0.3) is 5.91 Å². The molecule has 6 heteroatoms. The third-order valence-corrected chi connectivity index (χ3v) is 5.20. The van der Waals surface area contributed by atoms with Crippen LogP contribution in [-0.2, 0) is 16.4 Å². The molecular weight excluding hydrogens is 300 g/mol. The second-order valence-electron chi connectivity index (χ2n) is 5.07. The smallest absolute Gasteiger partial charge is 0.258 e. The van der Waals surface area contributed by atoms with Crippen LogP contribution in [0.25, 0.3) is 0 Å². The minimum absolute atomic E-state index is 0.0910. The number of sulfonamides is 1. The molecule has 1 aliphatic heterocycles. The van der Waals surface area contributed by atoms with Gasteiger partial charge in [0.2, 0.25) is 10.0 Å². The number of anilines is 1. The number of rotatable bonds is 3. The van der Waals surface area contributed by atoms with Gasteiger partial charge in [-0.05, 0) is 43.3 Å². The summed E-state index contributed by atoms with van der Waals surface area (Å²) >= 11 is 0. The molecule has 0 aliphatic carbocycles. The summed E-state index contributed by atoms with van der Waals surface area (Å²) < 4.78 is 26.0. The molecule has 1 N–H and O–H groups in total. The van der Waals surface area contributed by atoms with Crippen molar-refractivity contribution >= 4 is 21.6 Å². The van der Waals surface area contributed by atoms with Crippen molar-refractivity contribution in [1.29, 1.82) is 0 Å². The second-order valence-corrected chi connectivity index (χ2v) is 6.96. The first-order chi connectivity index (χ1) is 10.5. The van der Waals surface area contributed by atoms with Gasteiger partial charge in [-0.15, -0.1) is 0 Å². The summed E-state index contributed by atoms with van der Waals surface area (Å²) in [6.45, 7) is 0.612. The summed E-state index contributed by atoms with van der Waals surface area (Å²) in [6, 6.07) is 13.9. The van der Waals surface area contributed by atoms with Crippen LogP contribution in [0.4, 0.5) is 5.69 Å². The Kier molecular flexibility index (Phi) is 3.72. The average Bonchev–Trinajstić information content (AvgIpc) is 2.98. The minimum atomic E-state index is -3.56. The molecule has 0 bridgehead atoms. The first kappa shape index (κ1) is 14.7. The van der Waals surface area contributed by atoms with Crippen LogP contribution in [0.2, 0.25) is 0 Å². The fraction of sp³-hybridized carbons (Fsp3) is 0.188. The molecule has 0 saturated heterocycles. The zero-order valence-electron chi connectivity index (χ0n) is 12.1. The molecule has 2 aromatic carbocycles. The standard InChI is InChI=1S/C16H16N2O3S/c1-17-22(20,21)14-7-4-6-13(11-14)16(19)18-10-9-12-5-2-3-8-15(12)18/h2-8,11,17H,9-10H2,1H3. The van der Waals surface area contributed by atoms with Crippen LogP contribution in [0.1, 0.15) is 15.9 Å². The second kappa shape index (κ2) is 5.55. The van der Waals surface area contributed by atoms with E-state index in [-0.39, 0.29) is 10.8 Å². The van der Waals surface area contributed by atoms with Gasteiger partial charge >= 0.3 is 0 Å². The van der Waals surface area contributed by atoms with Crippen LogP contribution in [0.5, 0.6) is 0 Å². The van der Waals surface area contributed by atoms with Gasteiger partial charge in [-0.1, -0.05) is 24.3 Å². The fourth-order valence-electron chi connectivity index (χ4n) is 2.62. The van der Waals surface area contributed by atoms with Gasteiger partial charge < -0.3 is 4.90 Å². The van der Waals surface area contributed by atoms with E-state index in [2.05, 4.69) is 4.72 Å². The predicted molar refractivity (Wildman–Crippen MR) is 84.5 cm³/mol. The molecule has 0 radical (unpaired) electrons. The van der Waals surface area contributed by atoms with E-state index in [1.807, 2.05) is 24.3 Å². The third kappa shape index (κ3) is 2.51. The Morgan fingerprint density at radius 2 is 1.91 bits per heavy atom. The van der Waals surface area contributed by atoms with Crippen molar-refractivity contribution in [1.82, 2.24) is 4.72 Å². The first-order valence-electron chi connectivity index (χ1n) is 6.96. The molecule has 114 valence electrons. The summed E-state index contributed by atoms with van der Waals surface area (Å²) in [5.74, 6) is -0.182. The zero-order chi connectivity index (χ0) is 15.7. The van der Waals surface area contributed by atoms with E-state index >= 15 is 0 Å². The Hall–Kier alpha value is -2.18. The van der Waals surface area contributed by atoms with Crippen molar-refractivity contribution < 1.29 is 13.2 Å². The average molecular weight is 316 g/mol. The highest BCUT2D eigenvalue weighted by Crippen LogP contribution is 2.29. The van der Waals surface area contributed by atoms with E-state index < -0.39 is 10.0 Å². The molecule has 1 heterocycles. The number of carbonyl (C=O) groups excluding carboxylic acids is 1. The van der Waals surface area contributed by atoms with Crippen LogP contribution < -0.4 is 9.62 Å². The van der Waals surface area contributed by atoms with Gasteiger partial charge in [0, 0.05) is 17.8 Å². The van der Waals surface area contributed by atoms with Gasteiger partial charge in [-0.3, -0.25) is 4.79 Å². The molecule has 0 unspecified atom stereocenters. The highest BCUT2D eigenvalue weighted by molar-refractivity contribution is 7.89. The van der Waals surface area contributed by atoms with E-state index in [4.69, 9.17) is 0 Å². The highest BCUT2D eigenvalue weighted by atomic mass is 32.2. The number of fused-ring (bicyclic) bond motifs is 1. The molecule has 0 fully saturated rings. The highest BCUT2D eigenvalue weighted by Gasteiger charge is 2.25. The molecule has 0 saturated carbocycles. The lowest BCUT2D eigenvalue weighted by Crippen LogP contribution is -2.29. The summed E-state index contributed by atoms with van der Waals surface area (Å²) in [4.78, 5) is 14.5. The van der Waals surface area contributed by atoms with Crippen molar-refractivity contribution in [3.05, 3.63) is 59.7 Å². The molecule has 22 heavy (non-hydrogen) atoms. The van der Waals surface area contributed by atoms with Crippen molar-refractivity contribution in [3.8, 4) is 0 Å². The molecule has 0 aromatic heterocycles. The van der Waals surface area contributed by atoms with E-state index in [9.17, 15) is 13.2 Å². The quantitative estimate of drug-likeness (QED) is 0.939. The lowest BCUT2D eigenvalue weighted by atomic mass is 10.1. The number of nitrogens with zero attached hydrogens (tertiary/aromatic N) is 1. The molecular formula is C16H16N2O3S. The van der Waals surface area contributed by atoms with Gasteiger partial charge in [0.15, 0.2) is 0 Å². The number of carbonyl (C=O) groups is 1. The van der Waals surface area contributed by atoms with Crippen LogP contribution in [0, 0.1) is 0 Å². The maximum Gasteiger partial charge on any atom is 0.258 e. The van der Waals surface area contributed by atoms with Gasteiger partial charge in [0.05, 0.1) is 4.90 Å². The van der Waals surface area contributed by atoms with Crippen LogP contribution in [0.15, 0.2) is 53.4 Å². The van der Waals surface area contributed by atoms with Crippen LogP contribution in [-0.4, -0.2) is 27.9 Å². The number of nitrogens with one attached hydrogen (secondary N) is 1. The number of amides is 1. The largest absolute Gasteiger partial charge is 0.308 e. The maximum atomic E-state index is 12.7.